The van der Waals surface area contributed by atoms with Crippen molar-refractivity contribution in [3.63, 3.8) is 0 Å². The Hall–Kier alpha value is -0.990. The summed E-state index contributed by atoms with van der Waals surface area (Å²) >= 11 is 0. The fourth-order valence-corrected chi connectivity index (χ4v) is 0.743. The summed E-state index contributed by atoms with van der Waals surface area (Å²) in [5, 5.41) is 2.78. The second-order valence-electron chi connectivity index (χ2n) is 4.83. The quantitative estimate of drug-likeness (QED) is 0.556. The van der Waals surface area contributed by atoms with Crippen LogP contribution in [0.3, 0.4) is 0 Å². The summed E-state index contributed by atoms with van der Waals surface area (Å²) in [6, 6.07) is 0. The van der Waals surface area contributed by atoms with E-state index < -0.39 is 0 Å². The van der Waals surface area contributed by atoms with Crippen molar-refractivity contribution < 1.29 is 9.53 Å². The van der Waals surface area contributed by atoms with Crippen LogP contribution in [0.4, 0.5) is 0 Å². The van der Waals surface area contributed by atoms with E-state index >= 15 is 0 Å². The van der Waals surface area contributed by atoms with Crippen LogP contribution in [0.1, 0.15) is 34.6 Å². The normalized spacial score (nSPS) is 11.3. The zero-order valence-electron chi connectivity index (χ0n) is 9.81. The van der Waals surface area contributed by atoms with Crippen molar-refractivity contribution in [3.05, 3.63) is 12.3 Å². The number of hydrogen-bond acceptors (Lipinski definition) is 2. The second-order valence-corrected chi connectivity index (χ2v) is 4.83. The van der Waals surface area contributed by atoms with Gasteiger partial charge in [0.05, 0.1) is 6.61 Å². The van der Waals surface area contributed by atoms with Crippen LogP contribution in [0.5, 0.6) is 0 Å². The number of hydrogen-bond donors (Lipinski definition) is 1. The van der Waals surface area contributed by atoms with Crippen LogP contribution in [-0.2, 0) is 9.53 Å². The average Bonchev–Trinajstić information content (AvgIpc) is 1.96. The van der Waals surface area contributed by atoms with E-state index in [1.807, 2.05) is 34.6 Å². The first kappa shape index (κ1) is 13.0. The predicted octanol–water partition coefficient (Wildman–Crippen LogP) is 2.09. The molecular weight excluding hydrogens is 178 g/mol. The predicted molar refractivity (Wildman–Crippen MR) is 57.8 cm³/mol. The molecule has 0 saturated heterocycles. The third-order valence-corrected chi connectivity index (χ3v) is 1.33. The van der Waals surface area contributed by atoms with E-state index in [9.17, 15) is 4.79 Å². The highest BCUT2D eigenvalue weighted by atomic mass is 16.5. The van der Waals surface area contributed by atoms with Crippen molar-refractivity contribution in [3.8, 4) is 0 Å². The van der Waals surface area contributed by atoms with Crippen LogP contribution in [-0.4, -0.2) is 18.1 Å². The Morgan fingerprint density at radius 1 is 1.43 bits per heavy atom. The minimum Gasteiger partial charge on any atom is -0.488 e. The molecule has 0 atom stereocenters. The summed E-state index contributed by atoms with van der Waals surface area (Å²) in [6.45, 7) is 13.9. The van der Waals surface area contributed by atoms with Gasteiger partial charge in [-0.25, -0.2) is 0 Å². The van der Waals surface area contributed by atoms with Crippen LogP contribution in [0, 0.1) is 5.92 Å². The zero-order chi connectivity index (χ0) is 11.4. The SMILES string of the molecule is C=C(OCC(C)C)C(=O)NC(C)(C)C. The summed E-state index contributed by atoms with van der Waals surface area (Å²) in [6.07, 6.45) is 0. The summed E-state index contributed by atoms with van der Waals surface area (Å²) in [4.78, 5) is 11.4. The molecule has 0 radical (unpaired) electrons. The number of ether oxygens (including phenoxy) is 1. The Morgan fingerprint density at radius 3 is 2.29 bits per heavy atom. The van der Waals surface area contributed by atoms with Crippen LogP contribution >= 0.6 is 0 Å². The topological polar surface area (TPSA) is 38.3 Å². The lowest BCUT2D eigenvalue weighted by Crippen LogP contribution is -2.41. The summed E-state index contributed by atoms with van der Waals surface area (Å²) in [5.41, 5.74) is -0.249. The molecule has 0 spiro atoms. The fourth-order valence-electron chi connectivity index (χ4n) is 0.743. The number of carbonyl (C=O) groups is 1. The van der Waals surface area contributed by atoms with Gasteiger partial charge in [0.1, 0.15) is 0 Å². The van der Waals surface area contributed by atoms with Crippen LogP contribution in [0.25, 0.3) is 0 Å². The minimum absolute atomic E-state index is 0.189. The van der Waals surface area contributed by atoms with Crippen LogP contribution < -0.4 is 5.32 Å². The van der Waals surface area contributed by atoms with Gasteiger partial charge in [-0.2, -0.15) is 0 Å². The third kappa shape index (κ3) is 6.52. The van der Waals surface area contributed by atoms with Crippen LogP contribution in [0.15, 0.2) is 12.3 Å². The summed E-state index contributed by atoms with van der Waals surface area (Å²) in [7, 11) is 0. The molecule has 0 aromatic carbocycles. The van der Waals surface area contributed by atoms with E-state index in [1.165, 1.54) is 0 Å². The Bertz CT molecular complexity index is 214. The molecule has 1 N–H and O–H groups in total. The Kier molecular flexibility index (Phi) is 4.68. The summed E-state index contributed by atoms with van der Waals surface area (Å²) in [5.74, 6) is 0.348. The molecule has 0 aromatic rings. The van der Waals surface area contributed by atoms with E-state index in [0.717, 1.165) is 0 Å². The molecule has 0 aliphatic rings. The lowest BCUT2D eigenvalue weighted by molar-refractivity contribution is -0.122. The van der Waals surface area contributed by atoms with Crippen molar-refractivity contribution in [1.82, 2.24) is 5.32 Å². The van der Waals surface area contributed by atoms with E-state index in [2.05, 4.69) is 11.9 Å². The molecule has 0 aliphatic carbocycles. The van der Waals surface area contributed by atoms with E-state index in [4.69, 9.17) is 4.74 Å². The molecule has 14 heavy (non-hydrogen) atoms. The highest BCUT2D eigenvalue weighted by Crippen LogP contribution is 2.04. The zero-order valence-corrected chi connectivity index (χ0v) is 9.81. The smallest absolute Gasteiger partial charge is 0.286 e. The molecule has 0 fully saturated rings. The van der Waals surface area contributed by atoms with Gasteiger partial charge in [-0.05, 0) is 26.7 Å². The maximum absolute atomic E-state index is 11.4. The number of carbonyl (C=O) groups excluding carboxylic acids is 1. The lowest BCUT2D eigenvalue weighted by atomic mass is 10.1. The summed E-state index contributed by atoms with van der Waals surface area (Å²) < 4.78 is 5.20. The van der Waals surface area contributed by atoms with Crippen LogP contribution in [0.2, 0.25) is 0 Å². The highest BCUT2D eigenvalue weighted by Gasteiger charge is 2.16. The molecule has 0 aliphatic heterocycles. The molecule has 0 aromatic heterocycles. The van der Waals surface area contributed by atoms with Gasteiger partial charge in [-0.3, -0.25) is 4.79 Å². The molecule has 0 unspecified atom stereocenters. The van der Waals surface area contributed by atoms with Crippen molar-refractivity contribution in [2.45, 2.75) is 40.2 Å². The molecule has 0 heterocycles. The van der Waals surface area contributed by atoms with E-state index in [-0.39, 0.29) is 17.2 Å². The van der Waals surface area contributed by atoms with Gasteiger partial charge in [0.2, 0.25) is 0 Å². The Balaban J connectivity index is 3.95. The third-order valence-electron chi connectivity index (χ3n) is 1.33. The highest BCUT2D eigenvalue weighted by molar-refractivity contribution is 5.91. The molecule has 0 rings (SSSR count). The second kappa shape index (κ2) is 5.03. The monoisotopic (exact) mass is 199 g/mol. The van der Waals surface area contributed by atoms with Gasteiger partial charge in [-0.15, -0.1) is 0 Å². The first-order chi connectivity index (χ1) is 6.22. The van der Waals surface area contributed by atoms with Gasteiger partial charge in [0.25, 0.3) is 5.91 Å². The van der Waals surface area contributed by atoms with Gasteiger partial charge >= 0.3 is 0 Å². The van der Waals surface area contributed by atoms with Crippen molar-refractivity contribution in [2.75, 3.05) is 6.61 Å². The standard InChI is InChI=1S/C11H21NO2/c1-8(2)7-14-9(3)10(13)12-11(4,5)6/h8H,3,7H2,1-2,4-6H3,(H,12,13). The fraction of sp³-hybridized carbons (Fsp3) is 0.727. The molecule has 0 bridgehead atoms. The number of rotatable bonds is 4. The van der Waals surface area contributed by atoms with Gasteiger partial charge < -0.3 is 10.1 Å². The molecule has 3 nitrogen and oxygen atoms in total. The van der Waals surface area contributed by atoms with E-state index in [1.54, 1.807) is 0 Å². The first-order valence-electron chi connectivity index (χ1n) is 4.86. The molecule has 82 valence electrons. The average molecular weight is 199 g/mol. The Morgan fingerprint density at radius 2 is 1.93 bits per heavy atom. The minimum atomic E-state index is -0.249. The van der Waals surface area contributed by atoms with Crippen molar-refractivity contribution >= 4 is 5.91 Å². The van der Waals surface area contributed by atoms with Gasteiger partial charge in [-0.1, -0.05) is 20.4 Å². The van der Waals surface area contributed by atoms with E-state index in [0.29, 0.717) is 12.5 Å². The number of amides is 1. The molecular formula is C11H21NO2. The maximum atomic E-state index is 11.4. The largest absolute Gasteiger partial charge is 0.488 e. The first-order valence-corrected chi connectivity index (χ1v) is 4.86. The number of nitrogens with one attached hydrogen (secondary N) is 1. The van der Waals surface area contributed by atoms with Crippen molar-refractivity contribution in [2.24, 2.45) is 5.92 Å². The van der Waals surface area contributed by atoms with Gasteiger partial charge in [0.15, 0.2) is 5.76 Å². The Labute approximate surface area is 86.5 Å². The van der Waals surface area contributed by atoms with Crippen molar-refractivity contribution in [1.29, 1.82) is 0 Å². The maximum Gasteiger partial charge on any atom is 0.286 e. The molecule has 3 heteroatoms. The van der Waals surface area contributed by atoms with Gasteiger partial charge in [0, 0.05) is 5.54 Å². The molecule has 1 amide bonds. The molecule has 0 saturated carbocycles. The lowest BCUT2D eigenvalue weighted by Gasteiger charge is -2.21.